The van der Waals surface area contributed by atoms with Crippen molar-refractivity contribution in [1.82, 2.24) is 29.5 Å². The largest absolute Gasteiger partial charge is 0.453 e. The minimum atomic E-state index is -4.70. The van der Waals surface area contributed by atoms with Crippen molar-refractivity contribution in [3.8, 4) is 0 Å². The maximum Gasteiger partial charge on any atom is 0.453 e. The van der Waals surface area contributed by atoms with Gasteiger partial charge in [0.2, 0.25) is 0 Å². The van der Waals surface area contributed by atoms with E-state index >= 15 is 0 Å². The Labute approximate surface area is 126 Å². The van der Waals surface area contributed by atoms with Crippen molar-refractivity contribution in [2.75, 3.05) is 0 Å². The molecule has 0 N–H and O–H groups in total. The zero-order valence-corrected chi connectivity index (χ0v) is 12.4. The highest BCUT2D eigenvalue weighted by Gasteiger charge is 2.38. The fraction of sp³-hybridized carbons (Fsp3) is 0.500. The first-order chi connectivity index (χ1) is 9.98. The standard InChI is InChI=1S/C8H6F6N6S2/c1-19-5(15-3(17-19)7(9,10)11)21-22-6-16-4(8(12,13)14)18-20(6)2/h1-2H3. The Kier molecular flexibility index (Phi) is 4.34. The first kappa shape index (κ1) is 16.9. The molecule has 0 saturated heterocycles. The molecule has 2 heterocycles. The van der Waals surface area contributed by atoms with Gasteiger partial charge in [-0.05, 0) is 21.6 Å². The van der Waals surface area contributed by atoms with Crippen LogP contribution in [0.4, 0.5) is 26.3 Å². The van der Waals surface area contributed by atoms with Crippen LogP contribution in [0.3, 0.4) is 0 Å². The third-order valence-corrected chi connectivity index (χ3v) is 4.38. The van der Waals surface area contributed by atoms with E-state index < -0.39 is 24.0 Å². The maximum atomic E-state index is 12.4. The van der Waals surface area contributed by atoms with E-state index in [1.165, 1.54) is 14.1 Å². The van der Waals surface area contributed by atoms with Crippen molar-refractivity contribution in [2.24, 2.45) is 14.1 Å². The van der Waals surface area contributed by atoms with E-state index in [1.807, 2.05) is 0 Å². The number of nitrogens with zero attached hydrogens (tertiary/aromatic N) is 6. The van der Waals surface area contributed by atoms with Gasteiger partial charge >= 0.3 is 12.4 Å². The molecular formula is C8H6F6N6S2. The molecule has 14 heteroatoms. The number of rotatable bonds is 3. The summed E-state index contributed by atoms with van der Waals surface area (Å²) in [5, 5.41) is 6.11. The summed E-state index contributed by atoms with van der Waals surface area (Å²) in [7, 11) is 3.86. The van der Waals surface area contributed by atoms with Crippen molar-refractivity contribution in [3.05, 3.63) is 11.6 Å². The predicted octanol–water partition coefficient (Wildman–Crippen LogP) is 2.78. The number of halogens is 6. The summed E-state index contributed by atoms with van der Waals surface area (Å²) in [6.45, 7) is 0. The van der Waals surface area contributed by atoms with Crippen LogP contribution in [-0.4, -0.2) is 29.5 Å². The van der Waals surface area contributed by atoms with Crippen molar-refractivity contribution in [3.63, 3.8) is 0 Å². The molecule has 0 radical (unpaired) electrons. The Morgan fingerprint density at radius 2 is 1.05 bits per heavy atom. The molecule has 0 amide bonds. The van der Waals surface area contributed by atoms with Gasteiger partial charge in [-0.1, -0.05) is 0 Å². The van der Waals surface area contributed by atoms with Gasteiger partial charge in [0.05, 0.1) is 0 Å². The van der Waals surface area contributed by atoms with Crippen LogP contribution >= 0.6 is 21.6 Å². The molecule has 0 atom stereocenters. The lowest BCUT2D eigenvalue weighted by atomic mass is 10.6. The van der Waals surface area contributed by atoms with Crippen LogP contribution in [0.25, 0.3) is 0 Å². The second kappa shape index (κ2) is 5.64. The van der Waals surface area contributed by atoms with Gasteiger partial charge in [-0.15, -0.1) is 10.2 Å². The van der Waals surface area contributed by atoms with Gasteiger partial charge in [0.25, 0.3) is 11.6 Å². The molecule has 0 aliphatic rings. The number of hydrogen-bond donors (Lipinski definition) is 0. The van der Waals surface area contributed by atoms with Gasteiger partial charge in [-0.2, -0.15) is 36.3 Å². The van der Waals surface area contributed by atoms with Gasteiger partial charge < -0.3 is 0 Å². The molecule has 2 rings (SSSR count). The minimum absolute atomic E-state index is 0.131. The number of aryl methyl sites for hydroxylation is 2. The summed E-state index contributed by atoms with van der Waals surface area (Å²) in [6.07, 6.45) is -9.40. The SMILES string of the molecule is Cn1nc(C(F)(F)F)nc1SSc1nc(C(F)(F)F)nn1C. The molecule has 0 unspecified atom stereocenters. The van der Waals surface area contributed by atoms with E-state index in [0.29, 0.717) is 21.6 Å². The highest BCUT2D eigenvalue weighted by molar-refractivity contribution is 8.76. The molecule has 6 nitrogen and oxygen atoms in total. The molecule has 0 bridgehead atoms. The van der Waals surface area contributed by atoms with Gasteiger partial charge in [-0.25, -0.2) is 9.36 Å². The van der Waals surface area contributed by atoms with Gasteiger partial charge in [0.15, 0.2) is 10.3 Å². The molecule has 0 saturated carbocycles. The van der Waals surface area contributed by atoms with Crippen molar-refractivity contribution >= 4 is 21.6 Å². The van der Waals surface area contributed by atoms with Gasteiger partial charge in [0.1, 0.15) is 0 Å². The molecule has 2 aromatic heterocycles. The van der Waals surface area contributed by atoms with Crippen LogP contribution in [-0.2, 0) is 26.4 Å². The van der Waals surface area contributed by atoms with Crippen LogP contribution in [0.5, 0.6) is 0 Å². The van der Waals surface area contributed by atoms with Crippen molar-refractivity contribution < 1.29 is 26.3 Å². The predicted molar refractivity (Wildman–Crippen MR) is 63.7 cm³/mol. The molecule has 0 fully saturated rings. The summed E-state index contributed by atoms with van der Waals surface area (Å²) >= 11 is 0. The molecule has 2 aromatic rings. The van der Waals surface area contributed by atoms with E-state index in [-0.39, 0.29) is 10.3 Å². The third-order valence-electron chi connectivity index (χ3n) is 2.14. The van der Waals surface area contributed by atoms with Crippen LogP contribution in [0.2, 0.25) is 0 Å². The summed E-state index contributed by atoms with van der Waals surface area (Å²) in [4.78, 5) is 6.54. The average Bonchev–Trinajstić information content (AvgIpc) is 2.89. The molecule has 0 aliphatic carbocycles. The fourth-order valence-electron chi connectivity index (χ4n) is 1.20. The fourth-order valence-corrected chi connectivity index (χ4v) is 3.21. The minimum Gasteiger partial charge on any atom is -0.243 e. The Hall–Kier alpha value is -1.44. The zero-order valence-electron chi connectivity index (χ0n) is 10.8. The van der Waals surface area contributed by atoms with E-state index in [1.54, 1.807) is 0 Å². The van der Waals surface area contributed by atoms with E-state index in [0.717, 1.165) is 9.36 Å². The summed E-state index contributed by atoms with van der Waals surface area (Å²) in [5.41, 5.74) is 0. The molecule has 0 aromatic carbocycles. The molecule has 0 aliphatic heterocycles. The van der Waals surface area contributed by atoms with Crippen LogP contribution < -0.4 is 0 Å². The molecular weight excluding hydrogens is 358 g/mol. The summed E-state index contributed by atoms with van der Waals surface area (Å²) in [5.74, 6) is -2.65. The second-order valence-corrected chi connectivity index (χ2v) is 5.91. The maximum absolute atomic E-state index is 12.4. The Morgan fingerprint density at radius 1 is 0.727 bits per heavy atom. The quantitative estimate of drug-likeness (QED) is 0.617. The van der Waals surface area contributed by atoms with Crippen molar-refractivity contribution in [2.45, 2.75) is 22.7 Å². The number of hydrogen-bond acceptors (Lipinski definition) is 6. The summed E-state index contributed by atoms with van der Waals surface area (Å²) < 4.78 is 76.4. The highest BCUT2D eigenvalue weighted by Crippen LogP contribution is 2.38. The average molecular weight is 364 g/mol. The third kappa shape index (κ3) is 3.66. The van der Waals surface area contributed by atoms with E-state index in [4.69, 9.17) is 0 Å². The number of aromatic nitrogens is 6. The monoisotopic (exact) mass is 364 g/mol. The highest BCUT2D eigenvalue weighted by atomic mass is 33.1. The second-order valence-electron chi connectivity index (χ2n) is 3.85. The van der Waals surface area contributed by atoms with E-state index in [2.05, 4.69) is 20.2 Å². The lowest BCUT2D eigenvalue weighted by Crippen LogP contribution is -2.08. The topological polar surface area (TPSA) is 61.4 Å². The molecule has 22 heavy (non-hydrogen) atoms. The Bertz CT molecular complexity index is 615. The summed E-state index contributed by atoms with van der Waals surface area (Å²) in [6, 6.07) is 0. The Balaban J connectivity index is 2.14. The first-order valence-corrected chi connectivity index (χ1v) is 7.44. The van der Waals surface area contributed by atoms with Crippen LogP contribution in [0, 0.1) is 0 Å². The van der Waals surface area contributed by atoms with Gasteiger partial charge in [-0.3, -0.25) is 0 Å². The van der Waals surface area contributed by atoms with Gasteiger partial charge in [0, 0.05) is 14.1 Å². The zero-order chi connectivity index (χ0) is 16.7. The normalized spacial score (nSPS) is 12.9. The van der Waals surface area contributed by atoms with E-state index in [9.17, 15) is 26.3 Å². The number of alkyl halides is 6. The lowest BCUT2D eigenvalue weighted by molar-refractivity contribution is -0.145. The smallest absolute Gasteiger partial charge is 0.243 e. The molecule has 122 valence electrons. The lowest BCUT2D eigenvalue weighted by Gasteiger charge is -1.98. The van der Waals surface area contributed by atoms with Crippen molar-refractivity contribution in [1.29, 1.82) is 0 Å². The molecule has 0 spiro atoms. The van der Waals surface area contributed by atoms with Crippen LogP contribution in [0.1, 0.15) is 11.6 Å². The van der Waals surface area contributed by atoms with Crippen LogP contribution in [0.15, 0.2) is 10.3 Å². The Morgan fingerprint density at radius 3 is 1.27 bits per heavy atom. The first-order valence-electron chi connectivity index (χ1n) is 5.29.